The van der Waals surface area contributed by atoms with Gasteiger partial charge in [0.2, 0.25) is 11.8 Å². The van der Waals surface area contributed by atoms with Gasteiger partial charge in [-0.3, -0.25) is 14.4 Å². The second-order valence-electron chi connectivity index (χ2n) is 12.3. The van der Waals surface area contributed by atoms with Crippen molar-refractivity contribution in [3.05, 3.63) is 171 Å². The predicted molar refractivity (Wildman–Crippen MR) is 184 cm³/mol. The molecular weight excluding hydrogens is 645 g/mol. The Bertz CT molecular complexity index is 2050. The van der Waals surface area contributed by atoms with Crippen molar-refractivity contribution in [2.24, 2.45) is 11.8 Å². The second-order valence-corrected chi connectivity index (χ2v) is 13.1. The molecule has 6 nitrogen and oxygen atoms in total. The van der Waals surface area contributed by atoms with Crippen molar-refractivity contribution in [3.63, 3.8) is 0 Å². The summed E-state index contributed by atoms with van der Waals surface area (Å²) in [6, 6.07) is 38.6. The number of ketones is 1. The molecule has 0 unspecified atom stereocenters. The second kappa shape index (κ2) is 10.9. The standard InChI is InChI=1S/C40H25Cl2NO5/c41-28-17-13-26(14-18-28)39-31(23-7-3-1-4-8-23)32(24-9-5-2-6-10-24)40(38(39)48,27-15-19-29(42)20-16-27)34-33(39)35(44)43(36(34)45)30-21-11-25(12-22-30)37(46)47/h1-22,33-34H,(H,46,47)/t33-,34+,39-,40+. The lowest BCUT2D eigenvalue weighted by Gasteiger charge is -2.39. The van der Waals surface area contributed by atoms with Crippen LogP contribution in [-0.2, 0) is 25.2 Å². The topological polar surface area (TPSA) is 91.8 Å². The zero-order valence-electron chi connectivity index (χ0n) is 25.1. The molecule has 1 aliphatic heterocycles. The van der Waals surface area contributed by atoms with Gasteiger partial charge in [-0.1, -0.05) is 108 Å². The minimum absolute atomic E-state index is 0.0166. The van der Waals surface area contributed by atoms with Crippen LogP contribution in [0.1, 0.15) is 32.6 Å². The molecule has 234 valence electrons. The number of carbonyl (C=O) groups is 4. The summed E-state index contributed by atoms with van der Waals surface area (Å²) >= 11 is 12.8. The fraction of sp³-hybridized carbons (Fsp3) is 0.100. The fourth-order valence-corrected chi connectivity index (χ4v) is 8.62. The first-order valence-corrected chi connectivity index (χ1v) is 16.1. The summed E-state index contributed by atoms with van der Waals surface area (Å²) in [5.74, 6) is -4.73. The van der Waals surface area contributed by atoms with E-state index in [0.29, 0.717) is 32.3 Å². The normalized spacial score (nSPS) is 24.4. The van der Waals surface area contributed by atoms with Crippen molar-refractivity contribution in [1.29, 1.82) is 0 Å². The van der Waals surface area contributed by atoms with E-state index >= 15 is 14.4 Å². The number of halogens is 2. The van der Waals surface area contributed by atoms with Gasteiger partial charge < -0.3 is 5.11 Å². The molecular formula is C40H25Cl2NO5. The Morgan fingerprint density at radius 2 is 0.958 bits per heavy atom. The van der Waals surface area contributed by atoms with Gasteiger partial charge in [0, 0.05) is 10.0 Å². The predicted octanol–water partition coefficient (Wildman–Crippen LogP) is 7.88. The molecule has 8 heteroatoms. The van der Waals surface area contributed by atoms with Gasteiger partial charge in [0.05, 0.1) is 33.9 Å². The lowest BCUT2D eigenvalue weighted by molar-refractivity contribution is -0.130. The average Bonchev–Trinajstić information content (AvgIpc) is 3.61. The highest BCUT2D eigenvalue weighted by Gasteiger charge is 2.82. The summed E-state index contributed by atoms with van der Waals surface area (Å²) in [5.41, 5.74) is 0.974. The number of allylic oxidation sites excluding steroid dienone is 2. The molecule has 0 spiro atoms. The van der Waals surface area contributed by atoms with Crippen molar-refractivity contribution in [2.75, 3.05) is 4.90 Å². The number of nitrogens with zero attached hydrogens (tertiary/aromatic N) is 1. The number of hydrogen-bond donors (Lipinski definition) is 1. The molecule has 2 amide bonds. The molecule has 1 saturated carbocycles. The van der Waals surface area contributed by atoms with E-state index in [1.54, 1.807) is 48.5 Å². The molecule has 1 saturated heterocycles. The highest BCUT2D eigenvalue weighted by Crippen LogP contribution is 2.74. The summed E-state index contributed by atoms with van der Waals surface area (Å²) in [6.45, 7) is 0. The highest BCUT2D eigenvalue weighted by atomic mass is 35.5. The van der Waals surface area contributed by atoms with Gasteiger partial charge in [0.1, 0.15) is 0 Å². The van der Waals surface area contributed by atoms with Crippen LogP contribution in [0.3, 0.4) is 0 Å². The van der Waals surface area contributed by atoms with Crippen LogP contribution in [0, 0.1) is 11.8 Å². The maximum absolute atomic E-state index is 15.9. The highest BCUT2D eigenvalue weighted by molar-refractivity contribution is 6.39. The molecule has 1 N–H and O–H groups in total. The Hall–Kier alpha value is -5.30. The molecule has 3 aliphatic rings. The van der Waals surface area contributed by atoms with E-state index in [-0.39, 0.29) is 17.0 Å². The number of fused-ring (bicyclic) bond motifs is 5. The molecule has 2 bridgehead atoms. The van der Waals surface area contributed by atoms with Crippen LogP contribution in [0.4, 0.5) is 5.69 Å². The number of rotatable bonds is 6. The van der Waals surface area contributed by atoms with Crippen molar-refractivity contribution in [3.8, 4) is 0 Å². The minimum atomic E-state index is -1.59. The largest absolute Gasteiger partial charge is 0.478 e. The number of anilines is 1. The van der Waals surface area contributed by atoms with Crippen molar-refractivity contribution in [2.45, 2.75) is 10.8 Å². The maximum atomic E-state index is 15.9. The Balaban J connectivity index is 1.52. The third-order valence-corrected chi connectivity index (χ3v) is 10.6. The van der Waals surface area contributed by atoms with Gasteiger partial charge in [-0.15, -0.1) is 0 Å². The number of benzene rings is 5. The first kappa shape index (κ1) is 30.1. The molecule has 2 fully saturated rings. The van der Waals surface area contributed by atoms with Crippen LogP contribution in [0.5, 0.6) is 0 Å². The van der Waals surface area contributed by atoms with Gasteiger partial charge in [-0.2, -0.15) is 0 Å². The number of hydrogen-bond acceptors (Lipinski definition) is 4. The number of aromatic carboxylic acids is 1. The monoisotopic (exact) mass is 669 g/mol. The van der Waals surface area contributed by atoms with Gasteiger partial charge in [-0.05, 0) is 81.9 Å². The number of Topliss-reactive ketones (excluding diaryl/α,β-unsaturated/α-hetero) is 1. The summed E-state index contributed by atoms with van der Waals surface area (Å²) in [4.78, 5) is 58.7. The van der Waals surface area contributed by atoms with Gasteiger partial charge >= 0.3 is 5.97 Å². The summed E-state index contributed by atoms with van der Waals surface area (Å²) < 4.78 is 0. The van der Waals surface area contributed by atoms with Gasteiger partial charge in [0.25, 0.3) is 0 Å². The third kappa shape index (κ3) is 3.87. The van der Waals surface area contributed by atoms with Crippen LogP contribution < -0.4 is 4.90 Å². The van der Waals surface area contributed by atoms with Crippen molar-refractivity contribution < 1.29 is 24.3 Å². The number of carboxylic acids is 1. The minimum Gasteiger partial charge on any atom is -0.478 e. The van der Waals surface area contributed by atoms with E-state index in [1.807, 2.05) is 60.7 Å². The lowest BCUT2D eigenvalue weighted by atomic mass is 9.59. The quantitative estimate of drug-likeness (QED) is 0.186. The molecule has 1 heterocycles. The number of imide groups is 1. The van der Waals surface area contributed by atoms with Gasteiger partial charge in [0.15, 0.2) is 5.78 Å². The van der Waals surface area contributed by atoms with Crippen LogP contribution in [0.2, 0.25) is 10.0 Å². The molecule has 2 aliphatic carbocycles. The van der Waals surface area contributed by atoms with Crippen LogP contribution in [0.15, 0.2) is 133 Å². The molecule has 4 atom stereocenters. The molecule has 5 aromatic rings. The number of carboxylic acid groups (broad SMARTS) is 1. The first-order valence-electron chi connectivity index (χ1n) is 15.4. The maximum Gasteiger partial charge on any atom is 0.335 e. The zero-order valence-corrected chi connectivity index (χ0v) is 26.7. The van der Waals surface area contributed by atoms with E-state index in [2.05, 4.69) is 0 Å². The van der Waals surface area contributed by atoms with E-state index in [1.165, 1.54) is 24.3 Å². The molecule has 5 aromatic carbocycles. The van der Waals surface area contributed by atoms with Crippen molar-refractivity contribution >= 4 is 63.6 Å². The lowest BCUT2D eigenvalue weighted by Crippen LogP contribution is -2.45. The third-order valence-electron chi connectivity index (χ3n) is 10.1. The SMILES string of the molecule is O=C(O)c1ccc(N2C(=O)[C@@H]3[C@H](C2=O)[C@]2(c4ccc(Cl)cc4)C(=O)[C@@]3(c3ccc(Cl)cc3)C(c3ccccc3)=C2c2ccccc2)cc1. The molecule has 0 aromatic heterocycles. The smallest absolute Gasteiger partial charge is 0.335 e. The molecule has 8 rings (SSSR count). The zero-order chi connectivity index (χ0) is 33.4. The first-order chi connectivity index (χ1) is 23.2. The molecule has 48 heavy (non-hydrogen) atoms. The van der Waals surface area contributed by atoms with E-state index in [9.17, 15) is 9.90 Å². The van der Waals surface area contributed by atoms with Crippen LogP contribution >= 0.6 is 23.2 Å². The Labute approximate surface area is 285 Å². The van der Waals surface area contributed by atoms with E-state index < -0.39 is 40.4 Å². The number of amides is 2. The Kier molecular flexibility index (Phi) is 6.81. The molecule has 0 radical (unpaired) electrons. The summed E-state index contributed by atoms with van der Waals surface area (Å²) in [5, 5.41) is 10.4. The van der Waals surface area contributed by atoms with Crippen LogP contribution in [-0.4, -0.2) is 28.7 Å². The fourth-order valence-electron chi connectivity index (χ4n) is 8.36. The Morgan fingerprint density at radius 3 is 1.33 bits per heavy atom. The van der Waals surface area contributed by atoms with Gasteiger partial charge in [-0.25, -0.2) is 9.69 Å². The van der Waals surface area contributed by atoms with Crippen LogP contribution in [0.25, 0.3) is 11.1 Å². The number of carbonyl (C=O) groups excluding carboxylic acids is 3. The summed E-state index contributed by atoms with van der Waals surface area (Å²) in [6.07, 6.45) is 0. The average molecular weight is 671 g/mol. The van der Waals surface area contributed by atoms with Crippen molar-refractivity contribution in [1.82, 2.24) is 0 Å². The van der Waals surface area contributed by atoms with E-state index in [0.717, 1.165) is 16.0 Å². The Morgan fingerprint density at radius 1 is 0.562 bits per heavy atom. The summed E-state index contributed by atoms with van der Waals surface area (Å²) in [7, 11) is 0. The van der Waals surface area contributed by atoms with E-state index in [4.69, 9.17) is 23.2 Å².